The summed E-state index contributed by atoms with van der Waals surface area (Å²) in [5, 5.41) is 9.71. The maximum absolute atomic E-state index is 13.2. The van der Waals surface area contributed by atoms with E-state index >= 15 is 0 Å². The van der Waals surface area contributed by atoms with E-state index in [1.807, 2.05) is 22.8 Å². The van der Waals surface area contributed by atoms with Crippen LogP contribution in [-0.4, -0.2) is 52.7 Å². The van der Waals surface area contributed by atoms with Gasteiger partial charge < -0.3 is 25.4 Å². The number of carbonyl (C=O) groups is 1. The normalized spacial score (nSPS) is 18.7. The lowest BCUT2D eigenvalue weighted by Gasteiger charge is -2.37. The van der Waals surface area contributed by atoms with Crippen molar-refractivity contribution < 1.29 is 4.79 Å². The first-order valence-electron chi connectivity index (χ1n) is 13.5. The number of rotatable bonds is 5. The first-order chi connectivity index (χ1) is 18.9. The minimum absolute atomic E-state index is 0.0574. The van der Waals surface area contributed by atoms with Crippen LogP contribution in [0.4, 0.5) is 17.3 Å². The van der Waals surface area contributed by atoms with Crippen molar-refractivity contribution >= 4 is 34.3 Å². The molecule has 200 valence electrons. The number of pyridine rings is 1. The third kappa shape index (κ3) is 4.85. The Labute approximate surface area is 227 Å². The summed E-state index contributed by atoms with van der Waals surface area (Å²) >= 11 is 0. The van der Waals surface area contributed by atoms with Crippen LogP contribution in [0.15, 0.2) is 59.7 Å². The summed E-state index contributed by atoms with van der Waals surface area (Å²) in [6.07, 6.45) is 6.32. The second-order valence-corrected chi connectivity index (χ2v) is 10.6. The molecule has 2 atom stereocenters. The number of piperazine rings is 1. The van der Waals surface area contributed by atoms with Gasteiger partial charge in [0.25, 0.3) is 5.91 Å². The van der Waals surface area contributed by atoms with Gasteiger partial charge in [0.2, 0.25) is 11.4 Å². The van der Waals surface area contributed by atoms with Crippen molar-refractivity contribution in [2.75, 3.05) is 30.4 Å². The predicted octanol–water partition coefficient (Wildman–Crippen LogP) is 3.56. The van der Waals surface area contributed by atoms with Crippen LogP contribution in [0.2, 0.25) is 0 Å². The lowest BCUT2D eigenvalue weighted by Crippen LogP contribution is -2.54. The highest BCUT2D eigenvalue weighted by Gasteiger charge is 2.22. The Kier molecular flexibility index (Phi) is 6.52. The second-order valence-electron chi connectivity index (χ2n) is 10.6. The van der Waals surface area contributed by atoms with E-state index in [-0.39, 0.29) is 5.56 Å². The van der Waals surface area contributed by atoms with Gasteiger partial charge in [-0.3, -0.25) is 9.59 Å². The van der Waals surface area contributed by atoms with Crippen LogP contribution in [0.5, 0.6) is 0 Å². The Hall–Kier alpha value is -4.24. The number of fused-ring (bicyclic) bond motifs is 2. The fraction of sp³-hybridized carbons (Fsp3) is 0.333. The Morgan fingerprint density at radius 2 is 1.72 bits per heavy atom. The molecule has 1 amide bonds. The molecule has 0 spiro atoms. The van der Waals surface area contributed by atoms with Gasteiger partial charge in [-0.1, -0.05) is 6.07 Å². The summed E-state index contributed by atoms with van der Waals surface area (Å²) in [7, 11) is 1.52. The van der Waals surface area contributed by atoms with E-state index in [0.717, 1.165) is 43.7 Å². The van der Waals surface area contributed by atoms with Gasteiger partial charge in [0.1, 0.15) is 5.56 Å². The zero-order valence-corrected chi connectivity index (χ0v) is 22.5. The predicted molar refractivity (Wildman–Crippen MR) is 155 cm³/mol. The molecule has 0 radical (unpaired) electrons. The molecule has 2 unspecified atom stereocenters. The Morgan fingerprint density at radius 1 is 1.00 bits per heavy atom. The summed E-state index contributed by atoms with van der Waals surface area (Å²) in [6.45, 7) is 6.33. The average Bonchev–Trinajstić information content (AvgIpc) is 3.41. The molecule has 1 aliphatic heterocycles. The molecule has 4 aromatic rings. The van der Waals surface area contributed by atoms with E-state index in [4.69, 9.17) is 4.98 Å². The van der Waals surface area contributed by atoms with Gasteiger partial charge in [0, 0.05) is 61.7 Å². The molecule has 2 aliphatic rings. The van der Waals surface area contributed by atoms with E-state index in [1.165, 1.54) is 30.1 Å². The molecule has 9 heteroatoms. The highest BCUT2D eigenvalue weighted by Crippen LogP contribution is 2.27. The van der Waals surface area contributed by atoms with Crippen LogP contribution >= 0.6 is 0 Å². The number of hydrogen-bond acceptors (Lipinski definition) is 7. The van der Waals surface area contributed by atoms with E-state index in [2.05, 4.69) is 63.9 Å². The number of aromatic nitrogens is 3. The molecule has 6 rings (SSSR count). The summed E-state index contributed by atoms with van der Waals surface area (Å²) in [5.41, 5.74) is 5.64. The van der Waals surface area contributed by atoms with Crippen molar-refractivity contribution in [1.82, 2.24) is 25.2 Å². The van der Waals surface area contributed by atoms with Crippen molar-refractivity contribution in [2.24, 2.45) is 0 Å². The number of anilines is 3. The van der Waals surface area contributed by atoms with E-state index in [9.17, 15) is 9.59 Å². The van der Waals surface area contributed by atoms with Gasteiger partial charge in [-0.05, 0) is 80.6 Å². The maximum Gasteiger partial charge on any atom is 0.256 e. The standard InChI is InChI=1S/C30H33N7O2/c1-18-15-36(16-19(2)33-18)23-11-8-22(9-12-23)34-30-32-14-25-27(38)26(29(39)31-3)17-37(28(25)35-30)24-10-7-20-5-4-6-21(20)13-24/h7-14,17-19,33H,4-6,15-16H2,1-3H3,(H,31,39)(H,32,34,35). The van der Waals surface area contributed by atoms with Gasteiger partial charge in [0.15, 0.2) is 5.65 Å². The van der Waals surface area contributed by atoms with Gasteiger partial charge in [0.05, 0.1) is 5.39 Å². The average molecular weight is 524 g/mol. The van der Waals surface area contributed by atoms with Crippen LogP contribution < -0.4 is 26.3 Å². The van der Waals surface area contributed by atoms with Crippen LogP contribution in [0.3, 0.4) is 0 Å². The number of carbonyl (C=O) groups excluding carboxylic acids is 1. The number of benzene rings is 2. The van der Waals surface area contributed by atoms with Crippen LogP contribution in [0.25, 0.3) is 16.7 Å². The molecule has 3 N–H and O–H groups in total. The largest absolute Gasteiger partial charge is 0.368 e. The highest BCUT2D eigenvalue weighted by atomic mass is 16.2. The summed E-state index contributed by atoms with van der Waals surface area (Å²) in [6, 6.07) is 15.4. The summed E-state index contributed by atoms with van der Waals surface area (Å²) < 4.78 is 1.82. The third-order valence-corrected chi connectivity index (χ3v) is 7.62. The molecule has 3 heterocycles. The summed E-state index contributed by atoms with van der Waals surface area (Å²) in [5.74, 6) is -0.0611. The van der Waals surface area contributed by atoms with Crippen molar-refractivity contribution in [1.29, 1.82) is 0 Å². The third-order valence-electron chi connectivity index (χ3n) is 7.62. The smallest absolute Gasteiger partial charge is 0.256 e. The molecule has 0 bridgehead atoms. The molecule has 2 aromatic heterocycles. The van der Waals surface area contributed by atoms with E-state index in [1.54, 1.807) is 6.20 Å². The zero-order valence-electron chi connectivity index (χ0n) is 22.5. The molecule has 1 aliphatic carbocycles. The van der Waals surface area contributed by atoms with Crippen molar-refractivity contribution in [3.05, 3.63) is 81.8 Å². The Bertz CT molecular complexity index is 1600. The fourth-order valence-electron chi connectivity index (χ4n) is 5.79. The minimum atomic E-state index is -0.438. The van der Waals surface area contributed by atoms with E-state index < -0.39 is 11.3 Å². The quantitative estimate of drug-likeness (QED) is 0.368. The molecule has 0 saturated carbocycles. The van der Waals surface area contributed by atoms with Crippen molar-refractivity contribution in [3.63, 3.8) is 0 Å². The lowest BCUT2D eigenvalue weighted by molar-refractivity contribution is 0.0961. The molecular formula is C30H33N7O2. The molecular weight excluding hydrogens is 490 g/mol. The van der Waals surface area contributed by atoms with Crippen LogP contribution in [-0.2, 0) is 12.8 Å². The van der Waals surface area contributed by atoms with Gasteiger partial charge in [-0.2, -0.15) is 4.98 Å². The number of nitrogens with one attached hydrogen (secondary N) is 3. The molecule has 1 fully saturated rings. The number of amides is 1. The summed E-state index contributed by atoms with van der Waals surface area (Å²) in [4.78, 5) is 37.3. The molecule has 1 saturated heterocycles. The second kappa shape index (κ2) is 10.1. The first-order valence-corrected chi connectivity index (χ1v) is 13.5. The zero-order chi connectivity index (χ0) is 27.1. The van der Waals surface area contributed by atoms with E-state index in [0.29, 0.717) is 29.1 Å². The Balaban J connectivity index is 1.36. The van der Waals surface area contributed by atoms with Crippen LogP contribution in [0.1, 0.15) is 41.8 Å². The number of hydrogen-bond donors (Lipinski definition) is 3. The topological polar surface area (TPSA) is 104 Å². The highest BCUT2D eigenvalue weighted by molar-refractivity contribution is 5.97. The molecule has 9 nitrogen and oxygen atoms in total. The van der Waals surface area contributed by atoms with Gasteiger partial charge in [-0.15, -0.1) is 0 Å². The van der Waals surface area contributed by atoms with Gasteiger partial charge in [-0.25, -0.2) is 4.98 Å². The number of nitrogens with zero attached hydrogens (tertiary/aromatic N) is 4. The first kappa shape index (κ1) is 25.1. The fourth-order valence-corrected chi connectivity index (χ4v) is 5.79. The van der Waals surface area contributed by atoms with Gasteiger partial charge >= 0.3 is 0 Å². The minimum Gasteiger partial charge on any atom is -0.368 e. The molecule has 2 aromatic carbocycles. The van der Waals surface area contributed by atoms with Crippen LogP contribution in [0, 0.1) is 0 Å². The van der Waals surface area contributed by atoms with Crippen molar-refractivity contribution in [2.45, 2.75) is 45.2 Å². The Morgan fingerprint density at radius 3 is 2.46 bits per heavy atom. The maximum atomic E-state index is 13.2. The van der Waals surface area contributed by atoms with Crippen molar-refractivity contribution in [3.8, 4) is 5.69 Å². The SMILES string of the molecule is CNC(=O)c1cn(-c2ccc3c(c2)CCC3)c2nc(Nc3ccc(N4CC(C)NC(C)C4)cc3)ncc2c1=O. The lowest BCUT2D eigenvalue weighted by atomic mass is 10.1. The monoisotopic (exact) mass is 523 g/mol. The number of aryl methyl sites for hydroxylation is 2. The molecule has 39 heavy (non-hydrogen) atoms.